The minimum atomic E-state index is -0.537. The van der Waals surface area contributed by atoms with E-state index in [0.29, 0.717) is 22.2 Å². The maximum Gasteiger partial charge on any atom is 0.258 e. The molecule has 0 aliphatic carbocycles. The molecule has 0 heterocycles. The van der Waals surface area contributed by atoms with Crippen LogP contribution in [0.25, 0.3) is 0 Å². The first-order valence-electron chi connectivity index (χ1n) is 6.25. The first kappa shape index (κ1) is 18.0. The van der Waals surface area contributed by atoms with Crippen molar-refractivity contribution in [2.75, 3.05) is 19.5 Å². The van der Waals surface area contributed by atoms with Crippen LogP contribution in [0.15, 0.2) is 24.3 Å². The second-order valence-electron chi connectivity index (χ2n) is 4.36. The molecule has 4 nitrogen and oxygen atoms in total. The van der Waals surface area contributed by atoms with E-state index in [1.165, 1.54) is 38.5 Å². The van der Waals surface area contributed by atoms with Gasteiger partial charge >= 0.3 is 0 Å². The van der Waals surface area contributed by atoms with Crippen molar-refractivity contribution in [2.24, 2.45) is 0 Å². The van der Waals surface area contributed by atoms with E-state index in [4.69, 9.17) is 55.9 Å². The van der Waals surface area contributed by atoms with Crippen LogP contribution in [0.1, 0.15) is 10.4 Å². The molecule has 0 aliphatic heterocycles. The van der Waals surface area contributed by atoms with Crippen LogP contribution in [0.3, 0.4) is 0 Å². The molecule has 1 N–H and O–H groups in total. The molecule has 122 valence electrons. The van der Waals surface area contributed by atoms with Gasteiger partial charge in [-0.1, -0.05) is 46.4 Å². The lowest BCUT2D eigenvalue weighted by Crippen LogP contribution is -2.14. The molecule has 0 bridgehead atoms. The van der Waals surface area contributed by atoms with Gasteiger partial charge in [0.15, 0.2) is 0 Å². The Bertz CT molecular complexity index is 765. The summed E-state index contributed by atoms with van der Waals surface area (Å²) in [5.41, 5.74) is 0.419. The van der Waals surface area contributed by atoms with Gasteiger partial charge in [0.2, 0.25) is 0 Å². The maximum absolute atomic E-state index is 12.5. The number of ether oxygens (including phenoxy) is 2. The average molecular weight is 395 g/mol. The third kappa shape index (κ3) is 3.78. The van der Waals surface area contributed by atoms with Crippen LogP contribution in [-0.2, 0) is 0 Å². The zero-order chi connectivity index (χ0) is 17.1. The lowest BCUT2D eigenvalue weighted by molar-refractivity contribution is 0.102. The predicted octanol–water partition coefficient (Wildman–Crippen LogP) is 5.57. The average Bonchev–Trinajstić information content (AvgIpc) is 2.52. The molecule has 0 unspecified atom stereocenters. The quantitative estimate of drug-likeness (QED) is 0.689. The summed E-state index contributed by atoms with van der Waals surface area (Å²) in [5.74, 6) is 0.203. The van der Waals surface area contributed by atoms with Crippen LogP contribution in [0.4, 0.5) is 5.69 Å². The van der Waals surface area contributed by atoms with E-state index >= 15 is 0 Å². The Labute approximate surface area is 153 Å². The summed E-state index contributed by atoms with van der Waals surface area (Å²) in [4.78, 5) is 12.5. The molecule has 2 aromatic rings. The van der Waals surface area contributed by atoms with E-state index in [0.717, 1.165) is 0 Å². The molecule has 0 radical (unpaired) electrons. The van der Waals surface area contributed by atoms with Gasteiger partial charge in [-0.15, -0.1) is 0 Å². The van der Waals surface area contributed by atoms with Crippen LogP contribution in [0, 0.1) is 0 Å². The molecule has 1 amide bonds. The van der Waals surface area contributed by atoms with E-state index in [2.05, 4.69) is 5.32 Å². The summed E-state index contributed by atoms with van der Waals surface area (Å²) >= 11 is 24.1. The third-order valence-electron chi connectivity index (χ3n) is 2.99. The Morgan fingerprint density at radius 2 is 1.52 bits per heavy atom. The molecule has 0 fully saturated rings. The molecule has 0 atom stereocenters. The first-order valence-corrected chi connectivity index (χ1v) is 7.76. The van der Waals surface area contributed by atoms with Gasteiger partial charge in [0.1, 0.15) is 11.5 Å². The molecule has 0 spiro atoms. The summed E-state index contributed by atoms with van der Waals surface area (Å²) < 4.78 is 10.3. The van der Waals surface area contributed by atoms with Gasteiger partial charge in [0, 0.05) is 12.1 Å². The highest BCUT2D eigenvalue weighted by Gasteiger charge is 2.20. The lowest BCUT2D eigenvalue weighted by atomic mass is 10.2. The van der Waals surface area contributed by atoms with E-state index in [9.17, 15) is 4.79 Å². The number of hydrogen-bond donors (Lipinski definition) is 1. The van der Waals surface area contributed by atoms with Gasteiger partial charge < -0.3 is 14.8 Å². The third-order valence-corrected chi connectivity index (χ3v) is 4.41. The van der Waals surface area contributed by atoms with Crippen molar-refractivity contribution in [3.63, 3.8) is 0 Å². The smallest absolute Gasteiger partial charge is 0.258 e. The Kier molecular flexibility index (Phi) is 5.87. The van der Waals surface area contributed by atoms with Crippen LogP contribution in [-0.4, -0.2) is 20.1 Å². The van der Waals surface area contributed by atoms with E-state index in [1.807, 2.05) is 0 Å². The maximum atomic E-state index is 12.5. The first-order chi connectivity index (χ1) is 10.9. The van der Waals surface area contributed by atoms with Crippen LogP contribution in [0.2, 0.25) is 20.1 Å². The van der Waals surface area contributed by atoms with Crippen LogP contribution >= 0.6 is 46.4 Å². The second-order valence-corrected chi connectivity index (χ2v) is 5.96. The number of methoxy groups -OCH3 is 2. The zero-order valence-corrected chi connectivity index (χ0v) is 15.1. The number of hydrogen-bond acceptors (Lipinski definition) is 3. The molecular formula is C15H11Cl4NO3. The number of amides is 1. The molecule has 2 rings (SSSR count). The Morgan fingerprint density at radius 3 is 2.13 bits per heavy atom. The fraction of sp³-hybridized carbons (Fsp3) is 0.133. The SMILES string of the molecule is COc1cc(NC(=O)c2c(Cl)ccc(Cl)c2Cl)c(OC)cc1Cl. The largest absolute Gasteiger partial charge is 0.495 e. The molecule has 0 saturated heterocycles. The van der Waals surface area contributed by atoms with Gasteiger partial charge in [-0.05, 0) is 12.1 Å². The summed E-state index contributed by atoms with van der Waals surface area (Å²) in [6, 6.07) is 6.06. The summed E-state index contributed by atoms with van der Waals surface area (Å²) in [6.07, 6.45) is 0. The van der Waals surface area contributed by atoms with Crippen molar-refractivity contribution in [1.82, 2.24) is 0 Å². The summed E-state index contributed by atoms with van der Waals surface area (Å²) in [5, 5.41) is 3.47. The monoisotopic (exact) mass is 393 g/mol. The molecular weight excluding hydrogens is 384 g/mol. The Hall–Kier alpha value is -1.33. The van der Waals surface area contributed by atoms with E-state index in [1.54, 1.807) is 0 Å². The minimum Gasteiger partial charge on any atom is -0.495 e. The van der Waals surface area contributed by atoms with Crippen molar-refractivity contribution in [3.8, 4) is 11.5 Å². The molecule has 23 heavy (non-hydrogen) atoms. The van der Waals surface area contributed by atoms with E-state index in [-0.39, 0.29) is 20.6 Å². The fourth-order valence-electron chi connectivity index (χ4n) is 1.88. The normalized spacial score (nSPS) is 10.3. The number of rotatable bonds is 4. The van der Waals surface area contributed by atoms with Crippen molar-refractivity contribution < 1.29 is 14.3 Å². The van der Waals surface area contributed by atoms with Crippen LogP contribution in [0.5, 0.6) is 11.5 Å². The van der Waals surface area contributed by atoms with Crippen LogP contribution < -0.4 is 14.8 Å². The molecule has 0 aliphatic rings. The number of nitrogens with one attached hydrogen (secondary N) is 1. The molecule has 0 aromatic heterocycles. The predicted molar refractivity (Wildman–Crippen MR) is 94.0 cm³/mol. The van der Waals surface area contributed by atoms with Crippen molar-refractivity contribution in [3.05, 3.63) is 49.9 Å². The standard InChI is InChI=1S/C15H11Cl4NO3/c1-22-11-6-10(12(23-2)5-9(11)18)20-15(21)13-7(16)3-4-8(17)14(13)19/h3-6H,1-2H3,(H,20,21). The number of carbonyl (C=O) groups is 1. The highest BCUT2D eigenvalue weighted by Crippen LogP contribution is 2.37. The molecule has 0 saturated carbocycles. The number of benzene rings is 2. The zero-order valence-electron chi connectivity index (χ0n) is 12.0. The Morgan fingerprint density at radius 1 is 0.913 bits per heavy atom. The lowest BCUT2D eigenvalue weighted by Gasteiger charge is -2.14. The fourth-order valence-corrected chi connectivity index (χ4v) is 2.81. The number of halogens is 4. The van der Waals surface area contributed by atoms with E-state index < -0.39 is 5.91 Å². The van der Waals surface area contributed by atoms with Crippen molar-refractivity contribution in [1.29, 1.82) is 0 Å². The minimum absolute atomic E-state index is 0.0663. The van der Waals surface area contributed by atoms with Gasteiger partial charge in [-0.2, -0.15) is 0 Å². The number of anilines is 1. The molecule has 8 heteroatoms. The van der Waals surface area contributed by atoms with Crippen molar-refractivity contribution >= 4 is 58.0 Å². The molecule has 2 aromatic carbocycles. The highest BCUT2D eigenvalue weighted by molar-refractivity contribution is 6.46. The summed E-state index contributed by atoms with van der Waals surface area (Å²) in [7, 11) is 2.91. The van der Waals surface area contributed by atoms with Gasteiger partial charge in [-0.3, -0.25) is 4.79 Å². The van der Waals surface area contributed by atoms with Gasteiger partial charge in [-0.25, -0.2) is 0 Å². The summed E-state index contributed by atoms with van der Waals surface area (Å²) in [6.45, 7) is 0. The topological polar surface area (TPSA) is 47.6 Å². The highest BCUT2D eigenvalue weighted by atomic mass is 35.5. The van der Waals surface area contributed by atoms with Gasteiger partial charge in [0.25, 0.3) is 5.91 Å². The van der Waals surface area contributed by atoms with Gasteiger partial charge in [0.05, 0.1) is 45.6 Å². The number of carbonyl (C=O) groups excluding carboxylic acids is 1. The Balaban J connectivity index is 2.43. The van der Waals surface area contributed by atoms with Crippen molar-refractivity contribution in [2.45, 2.75) is 0 Å². The second kappa shape index (κ2) is 7.49.